The first kappa shape index (κ1) is 14.3. The van der Waals surface area contributed by atoms with E-state index in [1.54, 1.807) is 0 Å². The van der Waals surface area contributed by atoms with Gasteiger partial charge in [0.1, 0.15) is 0 Å². The number of carbonyl (C=O) groups excluding carboxylic acids is 1. The molecule has 2 saturated heterocycles. The first-order valence-corrected chi connectivity index (χ1v) is 8.34. The van der Waals surface area contributed by atoms with Gasteiger partial charge in [-0.2, -0.15) is 0 Å². The summed E-state index contributed by atoms with van der Waals surface area (Å²) in [5, 5.41) is 0. The van der Waals surface area contributed by atoms with Crippen LogP contribution in [0, 0.1) is 5.92 Å². The summed E-state index contributed by atoms with van der Waals surface area (Å²) < 4.78 is 5.74. The molecule has 0 spiro atoms. The van der Waals surface area contributed by atoms with Crippen molar-refractivity contribution in [2.24, 2.45) is 5.92 Å². The normalized spacial score (nSPS) is 29.4. The molecular weight excluding hydrogens is 252 g/mol. The lowest BCUT2D eigenvalue weighted by Crippen LogP contribution is -2.44. The van der Waals surface area contributed by atoms with E-state index in [1.807, 2.05) is 11.9 Å². The third-order valence-corrected chi connectivity index (χ3v) is 5.07. The molecule has 3 rings (SSSR count). The summed E-state index contributed by atoms with van der Waals surface area (Å²) in [6.45, 7) is 3.89. The van der Waals surface area contributed by atoms with E-state index in [1.165, 1.54) is 25.7 Å². The van der Waals surface area contributed by atoms with Crippen molar-refractivity contribution in [1.29, 1.82) is 0 Å². The molecule has 1 amide bonds. The van der Waals surface area contributed by atoms with Gasteiger partial charge in [0.2, 0.25) is 5.91 Å². The highest BCUT2D eigenvalue weighted by molar-refractivity contribution is 5.78. The van der Waals surface area contributed by atoms with Crippen LogP contribution < -0.4 is 0 Å². The zero-order valence-corrected chi connectivity index (χ0v) is 12.7. The quantitative estimate of drug-likeness (QED) is 0.788. The van der Waals surface area contributed by atoms with Gasteiger partial charge in [-0.05, 0) is 58.0 Å². The van der Waals surface area contributed by atoms with Crippen LogP contribution in [0.3, 0.4) is 0 Å². The molecule has 20 heavy (non-hydrogen) atoms. The van der Waals surface area contributed by atoms with Gasteiger partial charge in [-0.25, -0.2) is 0 Å². The smallest absolute Gasteiger partial charge is 0.225 e. The molecule has 3 fully saturated rings. The van der Waals surface area contributed by atoms with Crippen molar-refractivity contribution in [1.82, 2.24) is 9.80 Å². The minimum absolute atomic E-state index is 0.249. The van der Waals surface area contributed by atoms with E-state index in [9.17, 15) is 4.79 Å². The molecule has 0 aromatic heterocycles. The highest BCUT2D eigenvalue weighted by Gasteiger charge is 2.34. The number of piperidine rings is 1. The molecule has 114 valence electrons. The highest BCUT2D eigenvalue weighted by Crippen LogP contribution is 2.31. The molecular formula is C16H28N2O2. The van der Waals surface area contributed by atoms with Crippen LogP contribution in [0.15, 0.2) is 0 Å². The fourth-order valence-electron chi connectivity index (χ4n) is 3.61. The molecule has 4 nitrogen and oxygen atoms in total. The second-order valence-corrected chi connectivity index (χ2v) is 6.75. The van der Waals surface area contributed by atoms with Gasteiger partial charge in [0.25, 0.3) is 0 Å². The fraction of sp³-hybridized carbons (Fsp3) is 0.938. The number of amides is 1. The Balaban J connectivity index is 1.43. The summed E-state index contributed by atoms with van der Waals surface area (Å²) in [6, 6.07) is 0.847. The molecule has 2 aliphatic heterocycles. The van der Waals surface area contributed by atoms with Crippen molar-refractivity contribution in [2.45, 2.75) is 57.1 Å². The zero-order chi connectivity index (χ0) is 13.9. The van der Waals surface area contributed by atoms with Gasteiger partial charge in [0.15, 0.2) is 0 Å². The highest BCUT2D eigenvalue weighted by atomic mass is 16.5. The van der Waals surface area contributed by atoms with Crippen LogP contribution in [0.1, 0.15) is 44.9 Å². The van der Waals surface area contributed by atoms with E-state index in [4.69, 9.17) is 4.74 Å². The third-order valence-electron chi connectivity index (χ3n) is 5.07. The maximum atomic E-state index is 12.5. The number of likely N-dealkylation sites (N-methyl/N-ethyl adjacent to an activating group) is 1. The number of rotatable bonds is 4. The predicted molar refractivity (Wildman–Crippen MR) is 78.5 cm³/mol. The van der Waals surface area contributed by atoms with Crippen LogP contribution in [0.2, 0.25) is 0 Å². The van der Waals surface area contributed by atoms with Crippen molar-refractivity contribution in [3.63, 3.8) is 0 Å². The lowest BCUT2D eigenvalue weighted by atomic mass is 9.95. The Bertz CT molecular complexity index is 329. The number of nitrogens with zero attached hydrogens (tertiary/aromatic N) is 2. The number of ether oxygens (including phenoxy) is 1. The summed E-state index contributed by atoms with van der Waals surface area (Å²) in [5.74, 6) is 0.591. The van der Waals surface area contributed by atoms with Crippen LogP contribution in [-0.4, -0.2) is 61.1 Å². The fourth-order valence-corrected chi connectivity index (χ4v) is 3.61. The average Bonchev–Trinajstić information content (AvgIpc) is 3.32. The zero-order valence-electron chi connectivity index (χ0n) is 12.7. The summed E-state index contributed by atoms with van der Waals surface area (Å²) >= 11 is 0. The van der Waals surface area contributed by atoms with Gasteiger partial charge < -0.3 is 14.5 Å². The Morgan fingerprint density at radius 1 is 1.15 bits per heavy atom. The standard InChI is InChI=1S/C16H28N2O2/c1-17(12-15-4-2-3-11-20-15)16(19)13-7-9-18(10-8-13)14-5-6-14/h13-15H,2-12H2,1H3/t15-/m0/s1. The number of likely N-dealkylation sites (tertiary alicyclic amines) is 1. The Morgan fingerprint density at radius 3 is 2.50 bits per heavy atom. The predicted octanol–water partition coefficient (Wildman–Crippen LogP) is 1.89. The van der Waals surface area contributed by atoms with Crippen LogP contribution in [0.25, 0.3) is 0 Å². The van der Waals surface area contributed by atoms with Gasteiger partial charge in [0, 0.05) is 32.2 Å². The number of carbonyl (C=O) groups is 1. The average molecular weight is 280 g/mol. The van der Waals surface area contributed by atoms with Gasteiger partial charge in [-0.3, -0.25) is 4.79 Å². The Labute approximate surface area is 122 Å². The maximum Gasteiger partial charge on any atom is 0.225 e. The van der Waals surface area contributed by atoms with E-state index in [-0.39, 0.29) is 12.0 Å². The molecule has 0 unspecified atom stereocenters. The summed E-state index contributed by atoms with van der Waals surface area (Å²) in [5.41, 5.74) is 0. The summed E-state index contributed by atoms with van der Waals surface area (Å²) in [6.07, 6.45) is 8.63. The number of hydrogen-bond donors (Lipinski definition) is 0. The van der Waals surface area contributed by atoms with Crippen LogP contribution in [-0.2, 0) is 9.53 Å². The van der Waals surface area contributed by atoms with Crippen molar-refractivity contribution in [3.8, 4) is 0 Å². The van der Waals surface area contributed by atoms with Crippen molar-refractivity contribution < 1.29 is 9.53 Å². The minimum Gasteiger partial charge on any atom is -0.376 e. The molecule has 0 radical (unpaired) electrons. The van der Waals surface area contributed by atoms with E-state index in [0.717, 1.165) is 51.5 Å². The lowest BCUT2D eigenvalue weighted by Gasteiger charge is -2.34. The molecule has 4 heteroatoms. The molecule has 2 heterocycles. The maximum absolute atomic E-state index is 12.5. The van der Waals surface area contributed by atoms with Gasteiger partial charge in [0.05, 0.1) is 6.10 Å². The molecule has 1 saturated carbocycles. The van der Waals surface area contributed by atoms with Crippen LogP contribution in [0.4, 0.5) is 0 Å². The summed E-state index contributed by atoms with van der Waals surface area (Å²) in [4.78, 5) is 17.0. The van der Waals surface area contributed by atoms with E-state index in [0.29, 0.717) is 5.91 Å². The monoisotopic (exact) mass is 280 g/mol. The van der Waals surface area contributed by atoms with Gasteiger partial charge in [-0.15, -0.1) is 0 Å². The second kappa shape index (κ2) is 6.44. The Kier molecular flexibility index (Phi) is 4.61. The van der Waals surface area contributed by atoms with Crippen molar-refractivity contribution in [2.75, 3.05) is 33.3 Å². The van der Waals surface area contributed by atoms with Crippen molar-refractivity contribution >= 4 is 5.91 Å². The first-order chi connectivity index (χ1) is 9.74. The third kappa shape index (κ3) is 3.53. The molecule has 0 aromatic carbocycles. The SMILES string of the molecule is CN(C[C@@H]1CCCCO1)C(=O)C1CCN(C2CC2)CC1. The lowest BCUT2D eigenvalue weighted by molar-refractivity contribution is -0.138. The largest absolute Gasteiger partial charge is 0.376 e. The molecule has 0 N–H and O–H groups in total. The topological polar surface area (TPSA) is 32.8 Å². The summed E-state index contributed by atoms with van der Waals surface area (Å²) in [7, 11) is 1.95. The Morgan fingerprint density at radius 2 is 1.90 bits per heavy atom. The second-order valence-electron chi connectivity index (χ2n) is 6.75. The Hall–Kier alpha value is -0.610. The molecule has 3 aliphatic rings. The van der Waals surface area contributed by atoms with Crippen molar-refractivity contribution in [3.05, 3.63) is 0 Å². The molecule has 0 bridgehead atoms. The van der Waals surface area contributed by atoms with Gasteiger partial charge in [-0.1, -0.05) is 0 Å². The molecule has 0 aromatic rings. The first-order valence-electron chi connectivity index (χ1n) is 8.34. The van der Waals surface area contributed by atoms with Crippen LogP contribution in [0.5, 0.6) is 0 Å². The van der Waals surface area contributed by atoms with Crippen LogP contribution >= 0.6 is 0 Å². The van der Waals surface area contributed by atoms with E-state index < -0.39 is 0 Å². The van der Waals surface area contributed by atoms with E-state index in [2.05, 4.69) is 4.90 Å². The van der Waals surface area contributed by atoms with E-state index >= 15 is 0 Å². The number of hydrogen-bond acceptors (Lipinski definition) is 3. The molecule has 1 aliphatic carbocycles. The minimum atomic E-state index is 0.249. The molecule has 1 atom stereocenters. The van der Waals surface area contributed by atoms with Gasteiger partial charge >= 0.3 is 0 Å².